The lowest BCUT2D eigenvalue weighted by Crippen LogP contribution is -2.44. The van der Waals surface area contributed by atoms with Gasteiger partial charge in [0.05, 0.1) is 26.4 Å². The fraction of sp³-hybridized carbons (Fsp3) is 0.471. The summed E-state index contributed by atoms with van der Waals surface area (Å²) in [5.41, 5.74) is 3.16. The molecule has 248 valence electrons. The van der Waals surface area contributed by atoms with E-state index in [2.05, 4.69) is 0 Å². The van der Waals surface area contributed by atoms with Gasteiger partial charge in [0.2, 0.25) is 0 Å². The number of hydrogen-bond acceptors (Lipinski definition) is 9. The third kappa shape index (κ3) is 8.75. The lowest BCUT2D eigenvalue weighted by Gasteiger charge is -2.25. The lowest BCUT2D eigenvalue weighted by molar-refractivity contribution is -0.210. The van der Waals surface area contributed by atoms with Gasteiger partial charge in [0.15, 0.2) is 17.3 Å². The van der Waals surface area contributed by atoms with Crippen LogP contribution in [0.2, 0.25) is 0 Å². The Labute approximate surface area is 273 Å². The summed E-state index contributed by atoms with van der Waals surface area (Å²) in [5.74, 6) is 0.0695. The van der Waals surface area contributed by atoms with E-state index in [4.69, 9.17) is 32.6 Å². The van der Waals surface area contributed by atoms with Crippen LogP contribution in [0.25, 0.3) is 0 Å². The van der Waals surface area contributed by atoms with Crippen molar-refractivity contribution in [1.29, 1.82) is 0 Å². The Morgan fingerprint density at radius 1 is 0.804 bits per heavy atom. The zero-order valence-corrected chi connectivity index (χ0v) is 27.5. The Balaban J connectivity index is 1.24. The number of fused-ring (bicyclic) bond motifs is 1. The summed E-state index contributed by atoms with van der Waals surface area (Å²) in [4.78, 5) is 0. The first kappa shape index (κ1) is 33.5. The highest BCUT2D eigenvalue weighted by Crippen LogP contribution is 2.41. The molecule has 0 aromatic heterocycles. The Morgan fingerprint density at radius 3 is 1.96 bits per heavy atom. The van der Waals surface area contributed by atoms with Crippen molar-refractivity contribution in [2.75, 3.05) is 18.1 Å². The van der Waals surface area contributed by atoms with Crippen LogP contribution < -0.4 is 0 Å². The van der Waals surface area contributed by atoms with E-state index in [1.54, 1.807) is 13.8 Å². The van der Waals surface area contributed by atoms with Crippen molar-refractivity contribution < 1.29 is 45.6 Å². The summed E-state index contributed by atoms with van der Waals surface area (Å²) in [5, 5.41) is -0.0955. The summed E-state index contributed by atoms with van der Waals surface area (Å²) in [6.45, 7) is 5.09. The zero-order chi connectivity index (χ0) is 32.1. The normalized spacial score (nSPS) is 30.4. The van der Waals surface area contributed by atoms with Crippen LogP contribution >= 0.6 is 0 Å². The van der Waals surface area contributed by atoms with Gasteiger partial charge in [-0.25, -0.2) is 4.18 Å². The van der Waals surface area contributed by atoms with E-state index in [0.717, 1.165) is 16.7 Å². The molecule has 0 amide bonds. The van der Waals surface area contributed by atoms with Crippen molar-refractivity contribution in [3.8, 4) is 0 Å². The largest absolute Gasteiger partial charge is 0.397 e. The molecule has 6 rings (SSSR count). The third-order valence-electron chi connectivity index (χ3n) is 8.22. The van der Waals surface area contributed by atoms with Crippen LogP contribution in [0, 0.1) is 0 Å². The predicted molar refractivity (Wildman–Crippen MR) is 172 cm³/mol. The smallest absolute Gasteiger partial charge is 0.371 e. The van der Waals surface area contributed by atoms with E-state index in [1.807, 2.05) is 91.0 Å². The second kappa shape index (κ2) is 14.8. The molecule has 1 unspecified atom stereocenters. The average molecular weight is 674 g/mol. The molecular formula is C34H41O10S2+. The molecule has 0 spiro atoms. The first-order valence-corrected chi connectivity index (χ1v) is 18.4. The summed E-state index contributed by atoms with van der Waals surface area (Å²) in [6, 6.07) is 30.0. The summed E-state index contributed by atoms with van der Waals surface area (Å²) >= 11 is 0. The molecular weight excluding hydrogens is 632 g/mol. The summed E-state index contributed by atoms with van der Waals surface area (Å²) in [7, 11) is -5.23. The van der Waals surface area contributed by atoms with Crippen molar-refractivity contribution in [3.05, 3.63) is 108 Å². The fourth-order valence-electron chi connectivity index (χ4n) is 6.16. The zero-order valence-electron chi connectivity index (χ0n) is 25.9. The maximum absolute atomic E-state index is 11.9. The SMILES string of the molecule is CC1(C)O[C@H]2O[C@H](C[S+]3C[C@@H](OCc4ccccc4)[C@H](OCc4ccccc4)[C@H]3COCc3ccccc3)[C@H](OS(=O)(=O)O)[C@H]2O1. The van der Waals surface area contributed by atoms with Crippen molar-refractivity contribution in [1.82, 2.24) is 0 Å². The first-order chi connectivity index (χ1) is 22.1. The molecule has 0 bridgehead atoms. The van der Waals surface area contributed by atoms with Crippen LogP contribution in [-0.2, 0) is 73.7 Å². The molecule has 3 aromatic carbocycles. The van der Waals surface area contributed by atoms with E-state index < -0.39 is 51.7 Å². The molecule has 0 aliphatic carbocycles. The van der Waals surface area contributed by atoms with Crippen molar-refractivity contribution in [2.24, 2.45) is 0 Å². The van der Waals surface area contributed by atoms with Gasteiger partial charge in [-0.3, -0.25) is 4.55 Å². The van der Waals surface area contributed by atoms with Gasteiger partial charge < -0.3 is 28.4 Å². The van der Waals surface area contributed by atoms with E-state index in [9.17, 15) is 13.0 Å². The monoisotopic (exact) mass is 673 g/mol. The number of ether oxygens (including phenoxy) is 6. The van der Waals surface area contributed by atoms with Gasteiger partial charge in [0.25, 0.3) is 0 Å². The number of benzene rings is 3. The van der Waals surface area contributed by atoms with E-state index in [0.29, 0.717) is 37.9 Å². The van der Waals surface area contributed by atoms with Gasteiger partial charge in [-0.15, -0.1) is 0 Å². The first-order valence-electron chi connectivity index (χ1n) is 15.4. The fourth-order valence-corrected chi connectivity index (χ4v) is 9.62. The molecule has 3 aliphatic rings. The Kier molecular flexibility index (Phi) is 10.8. The molecule has 3 saturated heterocycles. The average Bonchev–Trinajstić information content (AvgIpc) is 3.63. The van der Waals surface area contributed by atoms with Crippen LogP contribution in [0.4, 0.5) is 0 Å². The van der Waals surface area contributed by atoms with Gasteiger partial charge >= 0.3 is 10.4 Å². The molecule has 3 heterocycles. The lowest BCUT2D eigenvalue weighted by atomic mass is 10.1. The Bertz CT molecular complexity index is 1490. The van der Waals surface area contributed by atoms with E-state index in [1.165, 1.54) is 0 Å². The molecule has 0 radical (unpaired) electrons. The Morgan fingerprint density at radius 2 is 1.37 bits per heavy atom. The highest BCUT2D eigenvalue weighted by atomic mass is 32.3. The molecule has 10 nitrogen and oxygen atoms in total. The van der Waals surface area contributed by atoms with Gasteiger partial charge in [0.1, 0.15) is 42.0 Å². The van der Waals surface area contributed by atoms with Crippen molar-refractivity contribution in [2.45, 2.75) is 81.5 Å². The molecule has 1 N–H and O–H groups in total. The van der Waals surface area contributed by atoms with E-state index >= 15 is 0 Å². The summed E-state index contributed by atoms with van der Waals surface area (Å²) < 4.78 is 76.3. The van der Waals surface area contributed by atoms with Crippen LogP contribution in [0.1, 0.15) is 30.5 Å². The maximum Gasteiger partial charge on any atom is 0.397 e. The second-order valence-corrected chi connectivity index (χ2v) is 15.5. The predicted octanol–water partition coefficient (Wildman–Crippen LogP) is 4.44. The molecule has 3 fully saturated rings. The number of hydrogen-bond donors (Lipinski definition) is 1. The highest BCUT2D eigenvalue weighted by molar-refractivity contribution is 7.97. The van der Waals surface area contributed by atoms with Crippen LogP contribution in [0.3, 0.4) is 0 Å². The molecule has 0 saturated carbocycles. The molecule has 46 heavy (non-hydrogen) atoms. The van der Waals surface area contributed by atoms with Crippen LogP contribution in [0.5, 0.6) is 0 Å². The minimum absolute atomic E-state index is 0.0955. The van der Waals surface area contributed by atoms with Gasteiger partial charge in [-0.1, -0.05) is 91.0 Å². The standard InChI is InChI=1S/C34H40O10S2/c1-34(2)42-32-31(44-46(35,36)37)28(41-33(32)43-34)23-45-22-27(39-19-25-14-8-4-9-15-25)30(40-20-26-16-10-5-11-17-26)29(45)21-38-18-24-12-6-3-7-13-24/h3-17,27-33H,18-23H2,1-2H3/p+1/t27-,28-,29-,30+,31+,32-,33-,45?/m1/s1. The van der Waals surface area contributed by atoms with Gasteiger partial charge in [-0.2, -0.15) is 8.42 Å². The van der Waals surface area contributed by atoms with Crippen LogP contribution in [0.15, 0.2) is 91.0 Å². The molecule has 8 atom stereocenters. The maximum atomic E-state index is 11.9. The van der Waals surface area contributed by atoms with Crippen molar-refractivity contribution in [3.63, 3.8) is 0 Å². The van der Waals surface area contributed by atoms with Gasteiger partial charge in [-0.05, 0) is 30.5 Å². The quantitative estimate of drug-likeness (QED) is 0.194. The van der Waals surface area contributed by atoms with Crippen LogP contribution in [-0.4, -0.2) is 78.9 Å². The minimum atomic E-state index is -4.79. The summed E-state index contributed by atoms with van der Waals surface area (Å²) in [6.07, 6.45) is -4.04. The molecule has 3 aliphatic heterocycles. The molecule has 12 heteroatoms. The highest BCUT2D eigenvalue weighted by Gasteiger charge is 2.61. The second-order valence-electron chi connectivity index (χ2n) is 12.1. The van der Waals surface area contributed by atoms with Crippen molar-refractivity contribution >= 4 is 21.3 Å². The third-order valence-corrected chi connectivity index (χ3v) is 11.5. The topological polar surface area (TPSA) is 119 Å². The van der Waals surface area contributed by atoms with Gasteiger partial charge in [0, 0.05) is 10.9 Å². The number of rotatable bonds is 14. The molecule has 3 aromatic rings. The minimum Gasteiger partial charge on any atom is -0.371 e. The van der Waals surface area contributed by atoms with E-state index in [-0.39, 0.29) is 17.5 Å². The Hall–Kier alpha value is -2.36.